The molecule has 0 saturated heterocycles. The van der Waals surface area contributed by atoms with E-state index in [2.05, 4.69) is 11.9 Å². The molecule has 17 heavy (non-hydrogen) atoms. The van der Waals surface area contributed by atoms with E-state index in [1.165, 1.54) is 5.41 Å². The molecule has 0 aliphatic heterocycles. The van der Waals surface area contributed by atoms with Gasteiger partial charge in [-0.3, -0.25) is 0 Å². The van der Waals surface area contributed by atoms with Crippen molar-refractivity contribution in [3.63, 3.8) is 0 Å². The summed E-state index contributed by atoms with van der Waals surface area (Å²) in [5, 5.41) is 4.25. The molecule has 1 N–H and O–H groups in total. The van der Waals surface area contributed by atoms with Crippen molar-refractivity contribution >= 4 is 9.84 Å². The maximum Gasteiger partial charge on any atom is 0.199 e. The van der Waals surface area contributed by atoms with Crippen LogP contribution in [0.5, 0.6) is 0 Å². The van der Waals surface area contributed by atoms with Gasteiger partial charge in [-0.05, 0) is 18.6 Å². The van der Waals surface area contributed by atoms with Crippen LogP contribution < -0.4 is 5.32 Å². The van der Waals surface area contributed by atoms with E-state index in [0.29, 0.717) is 18.0 Å². The molecule has 4 heteroatoms. The van der Waals surface area contributed by atoms with Crippen LogP contribution >= 0.6 is 0 Å². The Morgan fingerprint density at radius 3 is 2.65 bits per heavy atom. The number of nitrogens with one attached hydrogen (secondary N) is 1. The highest BCUT2D eigenvalue weighted by Crippen LogP contribution is 2.16. The van der Waals surface area contributed by atoms with Crippen LogP contribution in [0.15, 0.2) is 53.3 Å². The molecule has 3 nitrogen and oxygen atoms in total. The topological polar surface area (TPSA) is 46.2 Å². The van der Waals surface area contributed by atoms with Crippen molar-refractivity contribution in [2.75, 3.05) is 13.1 Å². The number of hydrogen-bond acceptors (Lipinski definition) is 3. The molecule has 0 heterocycles. The summed E-state index contributed by atoms with van der Waals surface area (Å²) in [5.41, 5.74) is 0.760. The largest absolute Gasteiger partial charge is 0.310 e. The van der Waals surface area contributed by atoms with Gasteiger partial charge < -0.3 is 5.32 Å². The smallest absolute Gasteiger partial charge is 0.199 e. The van der Waals surface area contributed by atoms with Gasteiger partial charge in [0.2, 0.25) is 0 Å². The Hall–Kier alpha value is -1.39. The molecule has 92 valence electrons. The van der Waals surface area contributed by atoms with E-state index >= 15 is 0 Å². The lowest BCUT2D eigenvalue weighted by atomic mass is 10.2. The Morgan fingerprint density at radius 1 is 1.29 bits per heavy atom. The van der Waals surface area contributed by atoms with Gasteiger partial charge in [-0.2, -0.15) is 0 Å². The first kappa shape index (κ1) is 13.7. The molecule has 1 aromatic rings. The predicted molar refractivity (Wildman–Crippen MR) is 70.6 cm³/mol. The van der Waals surface area contributed by atoms with Crippen molar-refractivity contribution in [1.29, 1.82) is 0 Å². The monoisotopic (exact) mass is 251 g/mol. The molecule has 0 bridgehead atoms. The van der Waals surface area contributed by atoms with Gasteiger partial charge in [0.25, 0.3) is 0 Å². The Kier molecular flexibility index (Phi) is 5.12. The summed E-state index contributed by atoms with van der Waals surface area (Å²) in [5.74, 6) is 0. The molecule has 0 radical (unpaired) electrons. The highest BCUT2D eigenvalue weighted by molar-refractivity contribution is 7.94. The predicted octanol–water partition coefficient (Wildman–Crippen LogP) is 2.06. The number of rotatable bonds is 6. The lowest BCUT2D eigenvalue weighted by Gasteiger charge is -2.02. The normalized spacial score (nSPS) is 11.8. The standard InChI is InChI=1S/C13H17NO2S/c1-3-9-14-10-6-11-17(15,16)13-8-5-4-7-12(13)2/h3-8,11,14H,1,9-10H2,2H3. The van der Waals surface area contributed by atoms with Crippen molar-refractivity contribution in [2.45, 2.75) is 11.8 Å². The summed E-state index contributed by atoms with van der Waals surface area (Å²) in [6.45, 7) is 6.52. The van der Waals surface area contributed by atoms with Gasteiger partial charge in [-0.1, -0.05) is 30.4 Å². The number of benzene rings is 1. The quantitative estimate of drug-likeness (QED) is 0.622. The molecule has 0 spiro atoms. The number of sulfone groups is 1. The highest BCUT2D eigenvalue weighted by atomic mass is 32.2. The first-order valence-corrected chi connectivity index (χ1v) is 6.91. The van der Waals surface area contributed by atoms with Crippen LogP contribution in [0.3, 0.4) is 0 Å². The lowest BCUT2D eigenvalue weighted by molar-refractivity contribution is 0.604. The average Bonchev–Trinajstić information content (AvgIpc) is 2.29. The Balaban J connectivity index is 2.76. The first-order chi connectivity index (χ1) is 8.08. The van der Waals surface area contributed by atoms with Crippen molar-refractivity contribution in [3.05, 3.63) is 54.0 Å². The molecular weight excluding hydrogens is 234 g/mol. The minimum absolute atomic E-state index is 0.361. The van der Waals surface area contributed by atoms with Gasteiger partial charge >= 0.3 is 0 Å². The second-order valence-corrected chi connectivity index (χ2v) is 5.43. The van der Waals surface area contributed by atoms with Crippen LogP contribution in [0, 0.1) is 6.92 Å². The fourth-order valence-corrected chi connectivity index (χ4v) is 2.67. The Bertz CT molecular complexity index is 504. The van der Waals surface area contributed by atoms with Crippen LogP contribution in [0.4, 0.5) is 0 Å². The van der Waals surface area contributed by atoms with Crippen molar-refractivity contribution in [1.82, 2.24) is 5.32 Å². The van der Waals surface area contributed by atoms with Crippen molar-refractivity contribution in [2.24, 2.45) is 0 Å². The summed E-state index contributed by atoms with van der Waals surface area (Å²) in [4.78, 5) is 0.361. The van der Waals surface area contributed by atoms with Crippen LogP contribution in [-0.2, 0) is 9.84 Å². The fourth-order valence-electron chi connectivity index (χ4n) is 1.39. The van der Waals surface area contributed by atoms with Crippen LogP contribution in [0.2, 0.25) is 0 Å². The zero-order valence-corrected chi connectivity index (χ0v) is 10.7. The van der Waals surface area contributed by atoms with E-state index in [9.17, 15) is 8.42 Å². The van der Waals surface area contributed by atoms with E-state index in [-0.39, 0.29) is 0 Å². The van der Waals surface area contributed by atoms with Gasteiger partial charge in [0.15, 0.2) is 9.84 Å². The summed E-state index contributed by atoms with van der Waals surface area (Å²) in [6, 6.07) is 6.95. The average molecular weight is 251 g/mol. The Morgan fingerprint density at radius 2 is 2.00 bits per heavy atom. The van der Waals surface area contributed by atoms with Gasteiger partial charge in [0.1, 0.15) is 0 Å². The van der Waals surface area contributed by atoms with E-state index in [4.69, 9.17) is 0 Å². The molecule has 0 saturated carbocycles. The molecule has 0 unspecified atom stereocenters. The highest BCUT2D eigenvalue weighted by Gasteiger charge is 2.11. The molecule has 1 rings (SSSR count). The third kappa shape index (κ3) is 4.17. The van der Waals surface area contributed by atoms with Gasteiger partial charge in [-0.15, -0.1) is 6.58 Å². The van der Waals surface area contributed by atoms with Crippen LogP contribution in [0.25, 0.3) is 0 Å². The molecule has 0 fully saturated rings. The zero-order valence-electron chi connectivity index (χ0n) is 9.89. The third-order valence-electron chi connectivity index (χ3n) is 2.23. The molecule has 0 atom stereocenters. The minimum Gasteiger partial charge on any atom is -0.310 e. The number of aryl methyl sites for hydroxylation is 1. The third-order valence-corrected chi connectivity index (χ3v) is 3.85. The van der Waals surface area contributed by atoms with E-state index in [0.717, 1.165) is 5.56 Å². The van der Waals surface area contributed by atoms with Crippen molar-refractivity contribution < 1.29 is 8.42 Å². The fraction of sp³-hybridized carbons (Fsp3) is 0.231. The van der Waals surface area contributed by atoms with E-state index in [1.54, 1.807) is 37.3 Å². The van der Waals surface area contributed by atoms with Gasteiger partial charge in [0.05, 0.1) is 4.90 Å². The maximum absolute atomic E-state index is 12.0. The SMILES string of the molecule is C=CCNCC=CS(=O)(=O)c1ccccc1C. The second kappa shape index (κ2) is 6.37. The lowest BCUT2D eigenvalue weighted by Crippen LogP contribution is -2.13. The maximum atomic E-state index is 12.0. The molecule has 0 aromatic heterocycles. The van der Waals surface area contributed by atoms with Crippen LogP contribution in [-0.4, -0.2) is 21.5 Å². The zero-order chi connectivity index (χ0) is 12.7. The molecule has 1 aromatic carbocycles. The minimum atomic E-state index is -3.32. The van der Waals surface area contributed by atoms with E-state index < -0.39 is 9.84 Å². The summed E-state index contributed by atoms with van der Waals surface area (Å²) >= 11 is 0. The molecule has 0 amide bonds. The Labute approximate surface area is 103 Å². The molecule has 0 aliphatic carbocycles. The van der Waals surface area contributed by atoms with Crippen LogP contribution in [0.1, 0.15) is 5.56 Å². The first-order valence-electron chi connectivity index (χ1n) is 5.37. The summed E-state index contributed by atoms with van der Waals surface area (Å²) in [6.07, 6.45) is 3.33. The van der Waals surface area contributed by atoms with Crippen molar-refractivity contribution in [3.8, 4) is 0 Å². The van der Waals surface area contributed by atoms with E-state index in [1.807, 2.05) is 6.07 Å². The van der Waals surface area contributed by atoms with Gasteiger partial charge in [-0.25, -0.2) is 8.42 Å². The molecular formula is C13H17NO2S. The summed E-state index contributed by atoms with van der Waals surface area (Å²) < 4.78 is 23.9. The van der Waals surface area contributed by atoms with Gasteiger partial charge in [0, 0.05) is 18.5 Å². The second-order valence-electron chi connectivity index (χ2n) is 3.63. The summed E-state index contributed by atoms with van der Waals surface area (Å²) in [7, 11) is -3.32. The number of hydrogen-bond donors (Lipinski definition) is 1. The molecule has 0 aliphatic rings.